The Morgan fingerprint density at radius 3 is 2.55 bits per heavy atom. The van der Waals surface area contributed by atoms with Gasteiger partial charge in [0.05, 0.1) is 15.7 Å². The standard InChI is InChI=1S/C20H13Cl2N5O4/c1-9-4-12-10(2-3-24-18(12)28)5-16(9)31-17-13(21)6-11(7-14(17)22)27-20(30)25-19(29)15(8-23)26-27/h4-7H,2-3H2,1H3,(H,24,28)(H,25,29,30). The van der Waals surface area contributed by atoms with E-state index in [9.17, 15) is 14.4 Å². The molecule has 1 amide bonds. The van der Waals surface area contributed by atoms with E-state index in [-0.39, 0.29) is 27.4 Å². The quantitative estimate of drug-likeness (QED) is 0.621. The predicted molar refractivity (Wildman–Crippen MR) is 112 cm³/mol. The van der Waals surface area contributed by atoms with Crippen molar-refractivity contribution < 1.29 is 9.53 Å². The number of benzene rings is 2. The molecule has 1 aliphatic rings. The Morgan fingerprint density at radius 2 is 1.87 bits per heavy atom. The van der Waals surface area contributed by atoms with E-state index in [1.807, 2.05) is 4.98 Å². The Balaban J connectivity index is 1.75. The smallest absolute Gasteiger partial charge is 0.349 e. The second kappa shape index (κ2) is 7.91. The fourth-order valence-electron chi connectivity index (χ4n) is 3.19. The van der Waals surface area contributed by atoms with E-state index >= 15 is 0 Å². The minimum Gasteiger partial charge on any atom is -0.454 e. The van der Waals surface area contributed by atoms with Gasteiger partial charge in [-0.05, 0) is 48.7 Å². The Hall–Kier alpha value is -3.61. The topological polar surface area (TPSA) is 130 Å². The first-order valence-corrected chi connectivity index (χ1v) is 9.77. The molecule has 0 saturated heterocycles. The normalized spacial score (nSPS) is 12.6. The average molecular weight is 458 g/mol. The highest BCUT2D eigenvalue weighted by Crippen LogP contribution is 2.39. The summed E-state index contributed by atoms with van der Waals surface area (Å²) in [7, 11) is 0. The maximum absolute atomic E-state index is 12.1. The highest BCUT2D eigenvalue weighted by atomic mass is 35.5. The summed E-state index contributed by atoms with van der Waals surface area (Å²) in [6.07, 6.45) is 0.667. The summed E-state index contributed by atoms with van der Waals surface area (Å²) >= 11 is 12.7. The van der Waals surface area contributed by atoms with Gasteiger partial charge < -0.3 is 10.1 Å². The molecule has 1 aromatic heterocycles. The molecule has 0 fully saturated rings. The van der Waals surface area contributed by atoms with Gasteiger partial charge in [0.25, 0.3) is 11.5 Å². The first-order valence-electron chi connectivity index (χ1n) is 9.01. The van der Waals surface area contributed by atoms with Crippen LogP contribution >= 0.6 is 23.2 Å². The van der Waals surface area contributed by atoms with E-state index < -0.39 is 16.9 Å². The number of aromatic amines is 1. The number of aromatic nitrogens is 3. The Kier molecular flexibility index (Phi) is 5.27. The van der Waals surface area contributed by atoms with Crippen molar-refractivity contribution in [1.29, 1.82) is 5.26 Å². The number of amides is 1. The third kappa shape index (κ3) is 3.79. The minimum absolute atomic E-state index is 0.0794. The molecular weight excluding hydrogens is 445 g/mol. The molecule has 0 spiro atoms. The minimum atomic E-state index is -0.891. The van der Waals surface area contributed by atoms with Crippen LogP contribution in [0.1, 0.15) is 27.2 Å². The molecule has 11 heteroatoms. The monoisotopic (exact) mass is 457 g/mol. The number of hydrogen-bond acceptors (Lipinski definition) is 6. The Bertz CT molecular complexity index is 1380. The molecule has 0 atom stereocenters. The molecule has 4 rings (SSSR count). The number of carbonyl (C=O) groups is 1. The van der Waals surface area contributed by atoms with Crippen LogP contribution in [-0.2, 0) is 6.42 Å². The molecule has 0 unspecified atom stereocenters. The lowest BCUT2D eigenvalue weighted by molar-refractivity contribution is 0.0946. The van der Waals surface area contributed by atoms with Crippen LogP contribution in [0.2, 0.25) is 10.0 Å². The number of carbonyl (C=O) groups excluding carboxylic acids is 1. The number of ether oxygens (including phenoxy) is 1. The molecule has 0 saturated carbocycles. The van der Waals surface area contributed by atoms with Gasteiger partial charge in [0.2, 0.25) is 5.69 Å². The predicted octanol–water partition coefficient (Wildman–Crippen LogP) is 2.49. The van der Waals surface area contributed by atoms with Crippen molar-refractivity contribution in [3.63, 3.8) is 0 Å². The van der Waals surface area contributed by atoms with Crippen molar-refractivity contribution >= 4 is 29.1 Å². The summed E-state index contributed by atoms with van der Waals surface area (Å²) in [5.74, 6) is 0.497. The number of nitriles is 1. The van der Waals surface area contributed by atoms with E-state index in [1.54, 1.807) is 25.1 Å². The van der Waals surface area contributed by atoms with Crippen molar-refractivity contribution in [1.82, 2.24) is 20.1 Å². The molecule has 0 aliphatic carbocycles. The van der Waals surface area contributed by atoms with E-state index in [1.165, 1.54) is 12.1 Å². The van der Waals surface area contributed by atoms with Gasteiger partial charge in [0, 0.05) is 12.1 Å². The first-order chi connectivity index (χ1) is 14.8. The van der Waals surface area contributed by atoms with Gasteiger partial charge in [-0.3, -0.25) is 14.6 Å². The number of rotatable bonds is 3. The molecule has 2 heterocycles. The lowest BCUT2D eigenvalue weighted by Gasteiger charge is -2.20. The number of halogens is 2. The number of fused-ring (bicyclic) bond motifs is 1. The second-order valence-electron chi connectivity index (χ2n) is 6.75. The van der Waals surface area contributed by atoms with Crippen molar-refractivity contribution in [3.05, 3.63) is 77.5 Å². The SMILES string of the molecule is Cc1cc2c(cc1Oc1c(Cl)cc(-n3nc(C#N)c(=O)[nH]c3=O)cc1Cl)CCNC2=O. The fourth-order valence-corrected chi connectivity index (χ4v) is 3.74. The molecule has 9 nitrogen and oxygen atoms in total. The molecule has 2 aromatic carbocycles. The van der Waals surface area contributed by atoms with Crippen molar-refractivity contribution in [3.8, 4) is 23.3 Å². The van der Waals surface area contributed by atoms with Crippen molar-refractivity contribution in [2.24, 2.45) is 0 Å². The highest BCUT2D eigenvalue weighted by Gasteiger charge is 2.20. The summed E-state index contributed by atoms with van der Waals surface area (Å²) in [6, 6.07) is 7.87. The molecule has 1 aliphatic heterocycles. The van der Waals surface area contributed by atoms with Gasteiger partial charge in [0.1, 0.15) is 11.8 Å². The van der Waals surface area contributed by atoms with Gasteiger partial charge in [-0.15, -0.1) is 5.10 Å². The zero-order chi connectivity index (χ0) is 22.3. The number of hydrogen-bond donors (Lipinski definition) is 2. The summed E-state index contributed by atoms with van der Waals surface area (Å²) in [4.78, 5) is 37.7. The van der Waals surface area contributed by atoms with Crippen LogP contribution < -0.4 is 21.3 Å². The highest BCUT2D eigenvalue weighted by molar-refractivity contribution is 6.37. The Morgan fingerprint density at radius 1 is 1.16 bits per heavy atom. The first kappa shape index (κ1) is 20.7. The summed E-state index contributed by atoms with van der Waals surface area (Å²) < 4.78 is 6.75. The molecule has 0 bridgehead atoms. The van der Waals surface area contributed by atoms with Crippen LogP contribution in [0.25, 0.3) is 5.69 Å². The van der Waals surface area contributed by atoms with Gasteiger partial charge in [-0.25, -0.2) is 4.79 Å². The third-order valence-corrected chi connectivity index (χ3v) is 5.26. The number of aryl methyl sites for hydroxylation is 1. The van der Waals surface area contributed by atoms with E-state index in [0.717, 1.165) is 10.2 Å². The largest absolute Gasteiger partial charge is 0.454 e. The van der Waals surface area contributed by atoms with Crippen molar-refractivity contribution in [2.45, 2.75) is 13.3 Å². The van der Waals surface area contributed by atoms with E-state index in [2.05, 4.69) is 10.4 Å². The van der Waals surface area contributed by atoms with Gasteiger partial charge in [-0.2, -0.15) is 9.94 Å². The van der Waals surface area contributed by atoms with Gasteiger partial charge in [0.15, 0.2) is 5.75 Å². The molecule has 156 valence electrons. The lowest BCUT2D eigenvalue weighted by Crippen LogP contribution is -2.33. The van der Waals surface area contributed by atoms with E-state index in [0.29, 0.717) is 29.8 Å². The number of H-pyrrole nitrogens is 1. The number of nitrogens with one attached hydrogen (secondary N) is 2. The molecule has 3 aromatic rings. The van der Waals surface area contributed by atoms with Crippen LogP contribution in [0.15, 0.2) is 33.9 Å². The van der Waals surface area contributed by atoms with Crippen LogP contribution in [0.5, 0.6) is 11.5 Å². The lowest BCUT2D eigenvalue weighted by atomic mass is 9.97. The van der Waals surface area contributed by atoms with Gasteiger partial charge in [-0.1, -0.05) is 23.2 Å². The summed E-state index contributed by atoms with van der Waals surface area (Å²) in [6.45, 7) is 2.33. The maximum atomic E-state index is 12.1. The summed E-state index contributed by atoms with van der Waals surface area (Å²) in [5, 5.41) is 15.7. The van der Waals surface area contributed by atoms with Crippen LogP contribution in [0.3, 0.4) is 0 Å². The average Bonchev–Trinajstić information content (AvgIpc) is 2.72. The maximum Gasteiger partial charge on any atom is 0.349 e. The van der Waals surface area contributed by atoms with Crippen LogP contribution in [0.4, 0.5) is 0 Å². The number of nitrogens with zero attached hydrogens (tertiary/aromatic N) is 3. The molecule has 2 N–H and O–H groups in total. The second-order valence-corrected chi connectivity index (χ2v) is 7.57. The van der Waals surface area contributed by atoms with Crippen LogP contribution in [-0.4, -0.2) is 27.2 Å². The third-order valence-electron chi connectivity index (χ3n) is 4.70. The molecular formula is C20H13Cl2N5O4. The summed E-state index contributed by atoms with van der Waals surface area (Å²) in [5.41, 5.74) is 0.0665. The zero-order valence-electron chi connectivity index (χ0n) is 16.0. The van der Waals surface area contributed by atoms with E-state index in [4.69, 9.17) is 33.2 Å². The van der Waals surface area contributed by atoms with Gasteiger partial charge >= 0.3 is 5.69 Å². The Labute approximate surface area is 184 Å². The van der Waals surface area contributed by atoms with Crippen molar-refractivity contribution in [2.75, 3.05) is 6.54 Å². The molecule has 0 radical (unpaired) electrons. The zero-order valence-corrected chi connectivity index (χ0v) is 17.5. The molecule has 31 heavy (non-hydrogen) atoms. The fraction of sp³-hybridized carbons (Fsp3) is 0.150. The van der Waals surface area contributed by atoms with Crippen LogP contribution in [0, 0.1) is 18.3 Å².